The lowest BCUT2D eigenvalue weighted by molar-refractivity contribution is -0.116. The van der Waals surface area contributed by atoms with Gasteiger partial charge in [0.05, 0.1) is 30.1 Å². The Kier molecular flexibility index (Phi) is 5.27. The molecule has 0 fully saturated rings. The number of hydrogen-bond acceptors (Lipinski definition) is 4. The SMILES string of the molecule is COc1nc(C)c(NC(=O)C(c2ccccc2)c2ccccc2)c(C)n1. The first-order chi connectivity index (χ1) is 12.6. The van der Waals surface area contributed by atoms with Crippen molar-refractivity contribution in [3.05, 3.63) is 83.2 Å². The van der Waals surface area contributed by atoms with Crippen LogP contribution in [0.2, 0.25) is 0 Å². The van der Waals surface area contributed by atoms with E-state index in [1.165, 1.54) is 7.11 Å². The van der Waals surface area contributed by atoms with Crippen molar-refractivity contribution in [3.8, 4) is 6.01 Å². The van der Waals surface area contributed by atoms with Crippen molar-refractivity contribution in [1.82, 2.24) is 9.97 Å². The number of methoxy groups -OCH3 is 1. The minimum atomic E-state index is -0.418. The minimum Gasteiger partial charge on any atom is -0.467 e. The van der Waals surface area contributed by atoms with Gasteiger partial charge in [0.2, 0.25) is 5.91 Å². The van der Waals surface area contributed by atoms with Crippen LogP contribution < -0.4 is 10.1 Å². The number of nitrogens with zero attached hydrogens (tertiary/aromatic N) is 2. The number of aromatic nitrogens is 2. The molecule has 0 unspecified atom stereocenters. The first-order valence-electron chi connectivity index (χ1n) is 8.40. The summed E-state index contributed by atoms with van der Waals surface area (Å²) in [5, 5.41) is 3.01. The van der Waals surface area contributed by atoms with Crippen molar-refractivity contribution >= 4 is 11.6 Å². The van der Waals surface area contributed by atoms with Gasteiger partial charge in [-0.25, -0.2) is 0 Å². The van der Waals surface area contributed by atoms with E-state index in [-0.39, 0.29) is 5.91 Å². The first-order valence-corrected chi connectivity index (χ1v) is 8.40. The fourth-order valence-corrected chi connectivity index (χ4v) is 2.94. The molecule has 0 aliphatic rings. The van der Waals surface area contributed by atoms with E-state index in [4.69, 9.17) is 4.74 Å². The van der Waals surface area contributed by atoms with Crippen molar-refractivity contribution < 1.29 is 9.53 Å². The highest BCUT2D eigenvalue weighted by Gasteiger charge is 2.24. The van der Waals surface area contributed by atoms with Crippen LogP contribution in [0.5, 0.6) is 6.01 Å². The molecule has 0 saturated heterocycles. The second kappa shape index (κ2) is 7.78. The maximum absolute atomic E-state index is 13.2. The van der Waals surface area contributed by atoms with Gasteiger partial charge in [-0.05, 0) is 25.0 Å². The van der Waals surface area contributed by atoms with Gasteiger partial charge in [-0.2, -0.15) is 9.97 Å². The highest BCUT2D eigenvalue weighted by molar-refractivity contribution is 5.98. The Labute approximate surface area is 153 Å². The minimum absolute atomic E-state index is 0.123. The molecule has 0 aliphatic heterocycles. The van der Waals surface area contributed by atoms with Crippen LogP contribution in [0.15, 0.2) is 60.7 Å². The molecule has 0 bridgehead atoms. The van der Waals surface area contributed by atoms with Gasteiger partial charge in [0.25, 0.3) is 0 Å². The molecular weight excluding hydrogens is 326 g/mol. The Morgan fingerprint density at radius 3 is 1.77 bits per heavy atom. The molecule has 3 aromatic rings. The molecule has 1 amide bonds. The van der Waals surface area contributed by atoms with Crippen LogP contribution in [0.3, 0.4) is 0 Å². The molecule has 1 N–H and O–H groups in total. The summed E-state index contributed by atoms with van der Waals surface area (Å²) in [6.07, 6.45) is 0. The Hall–Kier alpha value is -3.21. The number of benzene rings is 2. The fraction of sp³-hybridized carbons (Fsp3) is 0.190. The molecule has 132 valence electrons. The molecule has 0 aliphatic carbocycles. The third-order valence-corrected chi connectivity index (χ3v) is 4.21. The lowest BCUT2D eigenvalue weighted by atomic mass is 9.90. The van der Waals surface area contributed by atoms with Gasteiger partial charge in [-0.1, -0.05) is 60.7 Å². The summed E-state index contributed by atoms with van der Waals surface area (Å²) in [5.41, 5.74) is 3.82. The normalized spacial score (nSPS) is 10.6. The average molecular weight is 347 g/mol. The van der Waals surface area contributed by atoms with Gasteiger partial charge in [-0.3, -0.25) is 4.79 Å². The van der Waals surface area contributed by atoms with Gasteiger partial charge in [0.15, 0.2) is 0 Å². The number of carbonyl (C=O) groups excluding carboxylic acids is 1. The van der Waals surface area contributed by atoms with E-state index in [1.54, 1.807) is 0 Å². The summed E-state index contributed by atoms with van der Waals surface area (Å²) in [6.45, 7) is 3.65. The van der Waals surface area contributed by atoms with Crippen LogP contribution in [0.4, 0.5) is 5.69 Å². The van der Waals surface area contributed by atoms with Crippen molar-refractivity contribution in [2.24, 2.45) is 0 Å². The Morgan fingerprint density at radius 2 is 1.35 bits per heavy atom. The molecule has 5 nitrogen and oxygen atoms in total. The Morgan fingerprint density at radius 1 is 0.885 bits per heavy atom. The quantitative estimate of drug-likeness (QED) is 0.761. The lowest BCUT2D eigenvalue weighted by Crippen LogP contribution is -2.23. The smallest absolute Gasteiger partial charge is 0.316 e. The molecule has 0 atom stereocenters. The van der Waals surface area contributed by atoms with Crippen molar-refractivity contribution in [2.75, 3.05) is 12.4 Å². The van der Waals surface area contributed by atoms with E-state index in [9.17, 15) is 4.79 Å². The van der Waals surface area contributed by atoms with Crippen LogP contribution in [-0.2, 0) is 4.79 Å². The van der Waals surface area contributed by atoms with Crippen LogP contribution in [0, 0.1) is 13.8 Å². The van der Waals surface area contributed by atoms with Crippen molar-refractivity contribution in [2.45, 2.75) is 19.8 Å². The van der Waals surface area contributed by atoms with E-state index in [0.29, 0.717) is 23.1 Å². The summed E-state index contributed by atoms with van der Waals surface area (Å²) < 4.78 is 5.09. The second-order valence-corrected chi connectivity index (χ2v) is 6.00. The highest BCUT2D eigenvalue weighted by atomic mass is 16.5. The second-order valence-electron chi connectivity index (χ2n) is 6.00. The standard InChI is InChI=1S/C21H21N3O2/c1-14-19(15(2)23-21(22-14)26-3)24-20(25)18(16-10-6-4-7-11-16)17-12-8-5-9-13-17/h4-13,18H,1-3H3,(H,24,25). The monoisotopic (exact) mass is 347 g/mol. The number of nitrogens with one attached hydrogen (secondary N) is 1. The molecule has 2 aromatic carbocycles. The molecule has 0 saturated carbocycles. The van der Waals surface area contributed by atoms with Gasteiger partial charge in [0, 0.05) is 0 Å². The Bertz CT molecular complexity index is 833. The largest absolute Gasteiger partial charge is 0.467 e. The fourth-order valence-electron chi connectivity index (χ4n) is 2.94. The van der Waals surface area contributed by atoms with Gasteiger partial charge in [-0.15, -0.1) is 0 Å². The van der Waals surface area contributed by atoms with E-state index in [0.717, 1.165) is 11.1 Å². The number of hydrogen-bond donors (Lipinski definition) is 1. The number of amides is 1. The van der Waals surface area contributed by atoms with E-state index < -0.39 is 5.92 Å². The molecule has 0 radical (unpaired) electrons. The number of anilines is 1. The van der Waals surface area contributed by atoms with Crippen LogP contribution in [0.25, 0.3) is 0 Å². The predicted molar refractivity (Wildman–Crippen MR) is 101 cm³/mol. The zero-order valence-corrected chi connectivity index (χ0v) is 15.1. The van der Waals surface area contributed by atoms with Gasteiger partial charge < -0.3 is 10.1 Å². The van der Waals surface area contributed by atoms with E-state index >= 15 is 0 Å². The van der Waals surface area contributed by atoms with E-state index in [2.05, 4.69) is 15.3 Å². The molecule has 1 aromatic heterocycles. The van der Waals surface area contributed by atoms with Crippen molar-refractivity contribution in [1.29, 1.82) is 0 Å². The molecule has 26 heavy (non-hydrogen) atoms. The number of rotatable bonds is 5. The molecule has 5 heteroatoms. The third kappa shape index (κ3) is 3.72. The molecule has 0 spiro atoms. The summed E-state index contributed by atoms with van der Waals surface area (Å²) >= 11 is 0. The first kappa shape index (κ1) is 17.6. The summed E-state index contributed by atoms with van der Waals surface area (Å²) in [5.74, 6) is -0.541. The third-order valence-electron chi connectivity index (χ3n) is 4.21. The zero-order valence-electron chi connectivity index (χ0n) is 15.1. The van der Waals surface area contributed by atoms with Crippen LogP contribution in [0.1, 0.15) is 28.4 Å². The van der Waals surface area contributed by atoms with Crippen LogP contribution in [-0.4, -0.2) is 23.0 Å². The average Bonchev–Trinajstić information content (AvgIpc) is 2.66. The predicted octanol–water partition coefficient (Wildman–Crippen LogP) is 3.87. The van der Waals surface area contributed by atoms with Gasteiger partial charge >= 0.3 is 6.01 Å². The maximum Gasteiger partial charge on any atom is 0.316 e. The molecule has 1 heterocycles. The zero-order chi connectivity index (χ0) is 18.5. The van der Waals surface area contributed by atoms with Crippen LogP contribution >= 0.6 is 0 Å². The number of carbonyl (C=O) groups is 1. The highest BCUT2D eigenvalue weighted by Crippen LogP contribution is 2.28. The van der Waals surface area contributed by atoms with Gasteiger partial charge in [0.1, 0.15) is 0 Å². The van der Waals surface area contributed by atoms with Crippen molar-refractivity contribution in [3.63, 3.8) is 0 Å². The number of aryl methyl sites for hydroxylation is 2. The summed E-state index contributed by atoms with van der Waals surface area (Å²) in [4.78, 5) is 21.7. The lowest BCUT2D eigenvalue weighted by Gasteiger charge is -2.19. The van der Waals surface area contributed by atoms with E-state index in [1.807, 2.05) is 74.5 Å². The Balaban J connectivity index is 1.97. The summed E-state index contributed by atoms with van der Waals surface area (Å²) in [6, 6.07) is 19.8. The summed E-state index contributed by atoms with van der Waals surface area (Å²) in [7, 11) is 1.52. The maximum atomic E-state index is 13.2. The molecular formula is C21H21N3O2. The topological polar surface area (TPSA) is 64.1 Å². The molecule has 3 rings (SSSR count). The number of ether oxygens (including phenoxy) is 1.